The average Bonchev–Trinajstić information content (AvgIpc) is 3.64. The Kier molecular flexibility index (Phi) is 7.39. The summed E-state index contributed by atoms with van der Waals surface area (Å²) in [5, 5.41) is 23.4. The number of ketones is 2. The lowest BCUT2D eigenvalue weighted by atomic mass is 9.75. The van der Waals surface area contributed by atoms with E-state index in [-0.39, 0.29) is 85.6 Å². The van der Waals surface area contributed by atoms with Crippen molar-refractivity contribution in [2.75, 3.05) is 5.73 Å². The van der Waals surface area contributed by atoms with Crippen molar-refractivity contribution in [1.29, 1.82) is 0 Å². The fraction of sp³-hybridized carbons (Fsp3) is 0.132. The Morgan fingerprint density at radius 3 is 2.08 bits per heavy atom. The number of fused-ring (bicyclic) bond motifs is 7. The van der Waals surface area contributed by atoms with E-state index in [1.807, 2.05) is 12.1 Å². The zero-order valence-electron chi connectivity index (χ0n) is 28.0. The molecule has 0 atom stereocenters. The number of esters is 1. The lowest BCUT2D eigenvalue weighted by Crippen LogP contribution is -2.33. The number of carbonyl (C=O) groups excluding carboxylic acids is 4. The number of phenolic OH excluding ortho intramolecular Hbond substituents is 2. The van der Waals surface area contributed by atoms with E-state index in [1.54, 1.807) is 12.1 Å². The van der Waals surface area contributed by atoms with Crippen LogP contribution in [0.4, 0.5) is 5.95 Å². The van der Waals surface area contributed by atoms with Crippen LogP contribution in [-0.2, 0) is 23.3 Å². The molecule has 7 N–H and O–H groups in total. The third-order valence-electron chi connectivity index (χ3n) is 9.30. The number of Topliss-reactive ketones (excluding diaryl/α,β-unsaturated/α-hetero) is 2. The second-order valence-electron chi connectivity index (χ2n) is 12.8. The van der Waals surface area contributed by atoms with Crippen LogP contribution in [0, 0.1) is 0 Å². The second-order valence-corrected chi connectivity index (χ2v) is 12.8. The molecule has 6 aromatic rings. The number of nitrogens with one attached hydrogen (secondary N) is 3. The van der Waals surface area contributed by atoms with Gasteiger partial charge in [0.15, 0.2) is 28.3 Å². The first-order valence-electron chi connectivity index (χ1n) is 16.3. The van der Waals surface area contributed by atoms with Gasteiger partial charge < -0.3 is 35.7 Å². The average molecular weight is 713 g/mol. The van der Waals surface area contributed by atoms with E-state index in [1.165, 1.54) is 56.3 Å². The number of amides is 1. The summed E-state index contributed by atoms with van der Waals surface area (Å²) >= 11 is 0. The van der Waals surface area contributed by atoms with E-state index in [4.69, 9.17) is 15.2 Å². The van der Waals surface area contributed by atoms with E-state index in [0.717, 1.165) is 5.56 Å². The number of imidazole rings is 1. The summed E-state index contributed by atoms with van der Waals surface area (Å²) in [5.74, 6) is -2.51. The largest absolute Gasteiger partial charge is 0.508 e. The number of aromatic nitrogens is 4. The minimum absolute atomic E-state index is 0.0169. The summed E-state index contributed by atoms with van der Waals surface area (Å²) in [6, 6.07) is 16.9. The van der Waals surface area contributed by atoms with E-state index in [9.17, 15) is 34.2 Å². The summed E-state index contributed by atoms with van der Waals surface area (Å²) in [5.41, 5.74) is 5.13. The van der Waals surface area contributed by atoms with Crippen LogP contribution in [0.15, 0.2) is 71.5 Å². The first-order valence-corrected chi connectivity index (χ1v) is 16.3. The molecular weight excluding hydrogens is 684 g/mol. The van der Waals surface area contributed by atoms with E-state index in [2.05, 4.69) is 25.3 Å². The molecule has 1 amide bonds. The second kappa shape index (κ2) is 11.9. The number of phenols is 2. The van der Waals surface area contributed by atoms with Crippen LogP contribution in [0.5, 0.6) is 23.0 Å². The lowest BCUT2D eigenvalue weighted by Gasteiger charge is -2.36. The lowest BCUT2D eigenvalue weighted by molar-refractivity contribution is 0.0223. The SMILES string of the molecule is CC(=O)c1cc2c(c(C(=O)NCc3ccc(Cc4nc5nc(N)[nH]c(=O)c5[nH]4)cc3)c1C(C)=O)C(=O)OC21c2ccc(O)cc2Oc2cc(O)ccc21. The fourth-order valence-electron chi connectivity index (χ4n) is 7.02. The third-order valence-corrected chi connectivity index (χ3v) is 9.30. The van der Waals surface area contributed by atoms with Crippen molar-refractivity contribution in [2.45, 2.75) is 32.4 Å². The number of ether oxygens (including phenoxy) is 2. The van der Waals surface area contributed by atoms with Gasteiger partial charge in [0.25, 0.3) is 11.5 Å². The molecule has 0 saturated carbocycles. The highest BCUT2D eigenvalue weighted by molar-refractivity contribution is 6.19. The Bertz CT molecular complexity index is 2610. The van der Waals surface area contributed by atoms with Crippen LogP contribution < -0.4 is 21.3 Å². The summed E-state index contributed by atoms with van der Waals surface area (Å²) in [6.07, 6.45) is 0.342. The normalized spacial score (nSPS) is 13.5. The van der Waals surface area contributed by atoms with Gasteiger partial charge in [0.2, 0.25) is 5.95 Å². The molecule has 0 bridgehead atoms. The van der Waals surface area contributed by atoms with E-state index in [0.29, 0.717) is 17.8 Å². The molecule has 2 aromatic heterocycles. The van der Waals surface area contributed by atoms with Crippen molar-refractivity contribution in [2.24, 2.45) is 0 Å². The molecule has 0 radical (unpaired) electrons. The first-order chi connectivity index (χ1) is 25.3. The highest BCUT2D eigenvalue weighted by atomic mass is 16.6. The van der Waals surface area contributed by atoms with Crippen molar-refractivity contribution >= 4 is 40.6 Å². The first kappa shape index (κ1) is 32.9. The van der Waals surface area contributed by atoms with Gasteiger partial charge in [0.1, 0.15) is 28.8 Å². The Labute approximate surface area is 298 Å². The number of aromatic amines is 2. The molecule has 0 unspecified atom stereocenters. The Morgan fingerprint density at radius 1 is 0.811 bits per heavy atom. The van der Waals surface area contributed by atoms with Gasteiger partial charge in [0, 0.05) is 52.9 Å². The molecule has 53 heavy (non-hydrogen) atoms. The van der Waals surface area contributed by atoms with Gasteiger partial charge in [0.05, 0.1) is 11.1 Å². The number of rotatable bonds is 7. The Balaban J connectivity index is 1.17. The molecule has 1 spiro atoms. The number of hydrogen-bond donors (Lipinski definition) is 6. The highest BCUT2D eigenvalue weighted by Gasteiger charge is 2.56. The number of hydrogen-bond acceptors (Lipinski definition) is 12. The molecular formula is C38H28N6O9. The molecule has 8 rings (SSSR count). The van der Waals surface area contributed by atoms with Gasteiger partial charge in [-0.1, -0.05) is 24.3 Å². The topological polar surface area (TPSA) is 240 Å². The molecule has 0 aliphatic carbocycles. The van der Waals surface area contributed by atoms with Crippen molar-refractivity contribution in [3.05, 3.63) is 133 Å². The fourth-order valence-corrected chi connectivity index (χ4v) is 7.02. The number of carbonyl (C=O) groups is 4. The van der Waals surface area contributed by atoms with E-state index >= 15 is 0 Å². The van der Waals surface area contributed by atoms with Gasteiger partial charge in [-0.2, -0.15) is 4.98 Å². The van der Waals surface area contributed by atoms with Crippen LogP contribution in [0.1, 0.15) is 88.9 Å². The predicted octanol–water partition coefficient (Wildman–Crippen LogP) is 4.13. The maximum Gasteiger partial charge on any atom is 0.341 e. The zero-order valence-corrected chi connectivity index (χ0v) is 28.0. The number of nitrogens with two attached hydrogens (primary N) is 1. The Hall–Kier alpha value is -7.29. The minimum Gasteiger partial charge on any atom is -0.508 e. The number of nitrogens with zero attached hydrogens (tertiary/aromatic N) is 2. The van der Waals surface area contributed by atoms with Crippen LogP contribution in [0.2, 0.25) is 0 Å². The van der Waals surface area contributed by atoms with Gasteiger partial charge in [-0.05, 0) is 55.3 Å². The molecule has 0 saturated heterocycles. The number of benzene rings is 4. The third kappa shape index (κ3) is 5.24. The standard InChI is InChI=1S/C38H28N6O9/c1-16(45)22-14-25-30(36(51)53-38(25)23-9-7-20(47)12-26(23)52-27-13-21(48)8-10-24(27)38)31(29(22)17(2)46)34(49)40-15-19-5-3-18(4-6-19)11-28-41-32-33(42-28)43-37(39)44-35(32)50/h3-10,12-14,47-48H,11,15H2,1-2H3,(H,40,49)(H4,39,41,42,43,44,50). The molecule has 264 valence electrons. The number of aromatic hydroxyl groups is 2. The summed E-state index contributed by atoms with van der Waals surface area (Å²) in [7, 11) is 0. The zero-order chi connectivity index (χ0) is 37.3. The van der Waals surface area contributed by atoms with Crippen molar-refractivity contribution in [3.63, 3.8) is 0 Å². The summed E-state index contributed by atoms with van der Waals surface area (Å²) < 4.78 is 12.2. The van der Waals surface area contributed by atoms with Gasteiger partial charge in [-0.15, -0.1) is 0 Å². The smallest absolute Gasteiger partial charge is 0.341 e. The molecule has 0 fully saturated rings. The van der Waals surface area contributed by atoms with E-state index < -0.39 is 34.6 Å². The summed E-state index contributed by atoms with van der Waals surface area (Å²) in [6.45, 7) is 2.43. The molecule has 2 aliphatic rings. The summed E-state index contributed by atoms with van der Waals surface area (Å²) in [4.78, 5) is 80.5. The minimum atomic E-state index is -1.78. The monoisotopic (exact) mass is 712 g/mol. The van der Waals surface area contributed by atoms with Crippen molar-refractivity contribution in [1.82, 2.24) is 25.3 Å². The Morgan fingerprint density at radius 2 is 1.45 bits per heavy atom. The molecule has 4 aromatic carbocycles. The van der Waals surface area contributed by atoms with Gasteiger partial charge in [-0.25, -0.2) is 9.78 Å². The molecule has 15 nitrogen and oxygen atoms in total. The number of H-pyrrole nitrogens is 2. The van der Waals surface area contributed by atoms with Crippen molar-refractivity contribution in [3.8, 4) is 23.0 Å². The number of anilines is 1. The maximum atomic E-state index is 14.2. The van der Waals surface area contributed by atoms with Gasteiger partial charge in [-0.3, -0.25) is 24.2 Å². The molecule has 15 heteroatoms. The molecule has 2 aliphatic heterocycles. The van der Waals surface area contributed by atoms with Gasteiger partial charge >= 0.3 is 5.97 Å². The molecule has 4 heterocycles. The van der Waals surface area contributed by atoms with Crippen molar-refractivity contribution < 1.29 is 38.9 Å². The van der Waals surface area contributed by atoms with Crippen LogP contribution in [0.25, 0.3) is 11.2 Å². The quantitative estimate of drug-likeness (QED) is 0.101. The van der Waals surface area contributed by atoms with Crippen LogP contribution in [0.3, 0.4) is 0 Å². The predicted molar refractivity (Wildman–Crippen MR) is 187 cm³/mol. The van der Waals surface area contributed by atoms with Crippen LogP contribution >= 0.6 is 0 Å². The highest BCUT2D eigenvalue weighted by Crippen LogP contribution is 2.58. The maximum absolute atomic E-state index is 14.2. The van der Waals surface area contributed by atoms with Crippen LogP contribution in [-0.4, -0.2) is 53.6 Å². The number of nitrogen functional groups attached to an aromatic ring is 1.